The molecular formula is C22H25FN2O2. The average Bonchev–Trinajstić information content (AvgIpc) is 2.70. The fourth-order valence-corrected chi connectivity index (χ4v) is 3.65. The number of carbonyl (C=O) groups is 2. The molecule has 0 aromatic heterocycles. The molecule has 0 saturated heterocycles. The van der Waals surface area contributed by atoms with Crippen LogP contribution in [0.25, 0.3) is 0 Å². The number of rotatable bonds is 5. The van der Waals surface area contributed by atoms with Crippen LogP contribution in [0.2, 0.25) is 0 Å². The highest BCUT2D eigenvalue weighted by atomic mass is 19.1. The number of amides is 2. The van der Waals surface area contributed by atoms with E-state index in [0.29, 0.717) is 32.2 Å². The van der Waals surface area contributed by atoms with Gasteiger partial charge in [-0.2, -0.15) is 0 Å². The van der Waals surface area contributed by atoms with Gasteiger partial charge >= 0.3 is 0 Å². The summed E-state index contributed by atoms with van der Waals surface area (Å²) in [6.07, 6.45) is 2.67. The summed E-state index contributed by atoms with van der Waals surface area (Å²) in [6, 6.07) is 16.1. The Kier molecular flexibility index (Phi) is 6.22. The second kappa shape index (κ2) is 8.80. The molecule has 5 heteroatoms. The molecule has 1 saturated carbocycles. The third kappa shape index (κ3) is 4.94. The largest absolute Gasteiger partial charge is 0.341 e. The lowest BCUT2D eigenvalue weighted by molar-refractivity contribution is -0.137. The minimum atomic E-state index is -0.433. The van der Waals surface area contributed by atoms with Crippen LogP contribution in [-0.2, 0) is 16.1 Å². The van der Waals surface area contributed by atoms with Gasteiger partial charge in [0.2, 0.25) is 11.8 Å². The molecule has 2 amide bonds. The van der Waals surface area contributed by atoms with Gasteiger partial charge < -0.3 is 10.2 Å². The lowest BCUT2D eigenvalue weighted by atomic mass is 9.81. The molecule has 27 heavy (non-hydrogen) atoms. The number of hydrogen-bond donors (Lipinski definition) is 1. The van der Waals surface area contributed by atoms with Crippen LogP contribution in [0.15, 0.2) is 54.6 Å². The van der Waals surface area contributed by atoms with E-state index >= 15 is 0 Å². The first-order chi connectivity index (χ1) is 13.0. The van der Waals surface area contributed by atoms with Crippen LogP contribution in [0.1, 0.15) is 31.2 Å². The van der Waals surface area contributed by atoms with Crippen LogP contribution in [0, 0.1) is 17.7 Å². The fraction of sp³-hybridized carbons (Fsp3) is 0.364. The van der Waals surface area contributed by atoms with Crippen molar-refractivity contribution < 1.29 is 14.0 Å². The number of carbonyl (C=O) groups excluding carboxylic acids is 2. The molecule has 2 aromatic rings. The van der Waals surface area contributed by atoms with E-state index in [2.05, 4.69) is 5.32 Å². The zero-order valence-corrected chi connectivity index (χ0v) is 15.5. The molecule has 0 spiro atoms. The van der Waals surface area contributed by atoms with Gasteiger partial charge in [-0.3, -0.25) is 9.59 Å². The Bertz CT molecular complexity index is 786. The maximum Gasteiger partial charge on any atom is 0.227 e. The SMILES string of the molecule is CN(Cc1ccccc1)C(=O)C1CCC(C(=O)Nc2ccccc2F)CC1. The van der Waals surface area contributed by atoms with Gasteiger partial charge in [0.25, 0.3) is 0 Å². The first kappa shape index (κ1) is 19.1. The van der Waals surface area contributed by atoms with Crippen molar-refractivity contribution in [3.63, 3.8) is 0 Å². The second-order valence-electron chi connectivity index (χ2n) is 7.20. The number of para-hydroxylation sites is 1. The van der Waals surface area contributed by atoms with Gasteiger partial charge in [-0.25, -0.2) is 4.39 Å². The summed E-state index contributed by atoms with van der Waals surface area (Å²) in [7, 11) is 1.83. The van der Waals surface area contributed by atoms with Crippen molar-refractivity contribution in [2.45, 2.75) is 32.2 Å². The van der Waals surface area contributed by atoms with Gasteiger partial charge in [-0.05, 0) is 43.4 Å². The molecule has 0 unspecified atom stereocenters. The van der Waals surface area contributed by atoms with Crippen molar-refractivity contribution in [2.75, 3.05) is 12.4 Å². The molecule has 1 N–H and O–H groups in total. The Morgan fingerprint density at radius 2 is 1.56 bits per heavy atom. The fourth-order valence-electron chi connectivity index (χ4n) is 3.65. The third-order valence-electron chi connectivity index (χ3n) is 5.22. The molecular weight excluding hydrogens is 343 g/mol. The molecule has 0 radical (unpaired) electrons. The summed E-state index contributed by atoms with van der Waals surface area (Å²) >= 11 is 0. The lowest BCUT2D eigenvalue weighted by Crippen LogP contribution is -2.36. The van der Waals surface area contributed by atoms with Gasteiger partial charge in [-0.1, -0.05) is 42.5 Å². The standard InChI is InChI=1S/C22H25FN2O2/c1-25(15-16-7-3-2-4-8-16)22(27)18-13-11-17(12-14-18)21(26)24-20-10-6-5-9-19(20)23/h2-10,17-18H,11-15H2,1H3,(H,24,26). The zero-order chi connectivity index (χ0) is 19.2. The van der Waals surface area contributed by atoms with Crippen molar-refractivity contribution in [3.8, 4) is 0 Å². The highest BCUT2D eigenvalue weighted by Crippen LogP contribution is 2.31. The molecule has 3 rings (SSSR count). The van der Waals surface area contributed by atoms with Gasteiger partial charge in [0.1, 0.15) is 5.82 Å². The Labute approximate surface area is 159 Å². The maximum atomic E-state index is 13.7. The van der Waals surface area contributed by atoms with E-state index < -0.39 is 5.82 Å². The first-order valence-electron chi connectivity index (χ1n) is 9.39. The van der Waals surface area contributed by atoms with E-state index in [0.717, 1.165) is 5.56 Å². The van der Waals surface area contributed by atoms with E-state index in [1.165, 1.54) is 6.07 Å². The molecule has 1 fully saturated rings. The van der Waals surface area contributed by atoms with Gasteiger partial charge in [0.05, 0.1) is 5.69 Å². The Hall–Kier alpha value is -2.69. The van der Waals surface area contributed by atoms with Crippen molar-refractivity contribution in [3.05, 3.63) is 66.0 Å². The van der Waals surface area contributed by atoms with Crippen LogP contribution >= 0.6 is 0 Å². The highest BCUT2D eigenvalue weighted by Gasteiger charge is 2.31. The number of hydrogen-bond acceptors (Lipinski definition) is 2. The topological polar surface area (TPSA) is 49.4 Å². The van der Waals surface area contributed by atoms with Crippen LogP contribution in [0.3, 0.4) is 0 Å². The summed E-state index contributed by atoms with van der Waals surface area (Å²) < 4.78 is 13.7. The number of anilines is 1. The minimum Gasteiger partial charge on any atom is -0.341 e. The molecule has 4 nitrogen and oxygen atoms in total. The zero-order valence-electron chi connectivity index (χ0n) is 15.5. The monoisotopic (exact) mass is 368 g/mol. The predicted molar refractivity (Wildman–Crippen MR) is 103 cm³/mol. The van der Waals surface area contributed by atoms with Crippen LogP contribution in [0.4, 0.5) is 10.1 Å². The summed E-state index contributed by atoms with van der Waals surface area (Å²) in [6.45, 7) is 0.591. The van der Waals surface area contributed by atoms with E-state index in [4.69, 9.17) is 0 Å². The normalized spacial score (nSPS) is 19.3. The molecule has 0 atom stereocenters. The summed E-state index contributed by atoms with van der Waals surface area (Å²) in [4.78, 5) is 26.9. The van der Waals surface area contributed by atoms with E-state index in [1.54, 1.807) is 23.1 Å². The number of nitrogens with one attached hydrogen (secondary N) is 1. The Morgan fingerprint density at radius 1 is 0.963 bits per heavy atom. The van der Waals surface area contributed by atoms with Crippen LogP contribution < -0.4 is 5.32 Å². The first-order valence-corrected chi connectivity index (χ1v) is 9.39. The van der Waals surface area contributed by atoms with Crippen molar-refractivity contribution >= 4 is 17.5 Å². The summed E-state index contributed by atoms with van der Waals surface area (Å²) in [5.41, 5.74) is 1.31. The van der Waals surface area contributed by atoms with Crippen LogP contribution in [0.5, 0.6) is 0 Å². The Morgan fingerprint density at radius 3 is 2.22 bits per heavy atom. The predicted octanol–water partition coefficient (Wildman–Crippen LogP) is 4.23. The molecule has 0 bridgehead atoms. The quantitative estimate of drug-likeness (QED) is 0.859. The van der Waals surface area contributed by atoms with Crippen molar-refractivity contribution in [1.29, 1.82) is 0 Å². The van der Waals surface area contributed by atoms with E-state index in [9.17, 15) is 14.0 Å². The second-order valence-corrected chi connectivity index (χ2v) is 7.20. The summed E-state index contributed by atoms with van der Waals surface area (Å²) in [5, 5.41) is 2.67. The molecule has 1 aliphatic carbocycles. The Balaban J connectivity index is 1.50. The number of nitrogens with zero attached hydrogens (tertiary/aromatic N) is 1. The molecule has 2 aromatic carbocycles. The highest BCUT2D eigenvalue weighted by molar-refractivity contribution is 5.92. The van der Waals surface area contributed by atoms with E-state index in [-0.39, 0.29) is 29.3 Å². The molecule has 1 aliphatic rings. The minimum absolute atomic E-state index is 0.0452. The maximum absolute atomic E-state index is 13.7. The smallest absolute Gasteiger partial charge is 0.227 e. The summed E-state index contributed by atoms with van der Waals surface area (Å²) in [5.74, 6) is -0.683. The molecule has 142 valence electrons. The van der Waals surface area contributed by atoms with Crippen molar-refractivity contribution in [2.24, 2.45) is 11.8 Å². The molecule has 0 aliphatic heterocycles. The van der Waals surface area contributed by atoms with Gasteiger partial charge in [0.15, 0.2) is 0 Å². The number of benzene rings is 2. The number of halogens is 1. The van der Waals surface area contributed by atoms with Gasteiger partial charge in [0, 0.05) is 25.4 Å². The van der Waals surface area contributed by atoms with Crippen LogP contribution in [-0.4, -0.2) is 23.8 Å². The third-order valence-corrected chi connectivity index (χ3v) is 5.22. The molecule has 0 heterocycles. The lowest BCUT2D eigenvalue weighted by Gasteiger charge is -2.30. The van der Waals surface area contributed by atoms with E-state index in [1.807, 2.05) is 37.4 Å². The van der Waals surface area contributed by atoms with Gasteiger partial charge in [-0.15, -0.1) is 0 Å². The average molecular weight is 368 g/mol. The van der Waals surface area contributed by atoms with Crippen molar-refractivity contribution in [1.82, 2.24) is 4.90 Å².